The molecule has 0 aliphatic rings. The maximum atomic E-state index is 13.8. The molecule has 0 atom stereocenters. The van der Waals surface area contributed by atoms with Crippen molar-refractivity contribution >= 4 is 42.4 Å². The van der Waals surface area contributed by atoms with E-state index in [9.17, 15) is 16.8 Å². The summed E-state index contributed by atoms with van der Waals surface area (Å²) in [7, 11) is -6.25. The van der Waals surface area contributed by atoms with Crippen molar-refractivity contribution in [3.05, 3.63) is 89.4 Å². The van der Waals surface area contributed by atoms with Crippen LogP contribution in [0, 0.1) is 6.92 Å². The Morgan fingerprint density at radius 2 is 1.59 bits per heavy atom. The normalized spacial score (nSPS) is 12.9. The number of sulfonamides is 1. The van der Waals surface area contributed by atoms with Crippen LogP contribution in [0.1, 0.15) is 26.3 Å². The van der Waals surface area contributed by atoms with Crippen LogP contribution in [0.5, 0.6) is 0 Å². The van der Waals surface area contributed by atoms with E-state index in [4.69, 9.17) is 0 Å². The fourth-order valence-electron chi connectivity index (χ4n) is 4.35. The van der Waals surface area contributed by atoms with Crippen molar-refractivity contribution in [3.8, 4) is 22.3 Å². The van der Waals surface area contributed by atoms with Gasteiger partial charge in [-0.1, -0.05) is 29.8 Å². The van der Waals surface area contributed by atoms with Gasteiger partial charge < -0.3 is 0 Å². The first kappa shape index (κ1) is 27.3. The zero-order valence-electron chi connectivity index (χ0n) is 22.3. The van der Waals surface area contributed by atoms with Gasteiger partial charge in [-0.05, 0) is 91.5 Å². The first-order valence-electron chi connectivity index (χ1n) is 12.3. The average molecular weight is 580 g/mol. The van der Waals surface area contributed by atoms with Gasteiger partial charge >= 0.3 is 0 Å². The lowest BCUT2D eigenvalue weighted by atomic mass is 10.00. The number of fused-ring (bicyclic) bond motifs is 1. The topological polar surface area (TPSA) is 89.3 Å². The number of thiophene rings is 1. The molecule has 202 valence electrons. The molecule has 5 rings (SSSR count). The first-order valence-corrected chi connectivity index (χ1v) is 16.1. The fraction of sp³-hybridized carbons (Fsp3) is 0.207. The lowest BCUT2D eigenvalue weighted by molar-refractivity contribution is 0.292. The molecule has 0 N–H and O–H groups in total. The van der Waals surface area contributed by atoms with Crippen molar-refractivity contribution in [2.45, 2.75) is 43.0 Å². The summed E-state index contributed by atoms with van der Waals surface area (Å²) in [5, 5.41) is 4.57. The Morgan fingerprint density at radius 3 is 2.23 bits per heavy atom. The zero-order chi connectivity index (χ0) is 28.2. The minimum Gasteiger partial charge on any atom is -0.237 e. The Hall–Kier alpha value is -3.31. The number of aromatic nitrogens is 2. The standard InChI is InChI=1S/C29H29N3O4S3/c1-20-9-11-23(12-10-20)39(35,36)32-18-26(27-25(13-15-30-28(27)32)22-14-16-37-19-22)21-7-6-8-24(17-21)38(33,34)31(5)29(2,3)4/h6-19H,1-5H3. The summed E-state index contributed by atoms with van der Waals surface area (Å²) in [6.07, 6.45) is 3.14. The van der Waals surface area contributed by atoms with Crippen molar-refractivity contribution in [1.29, 1.82) is 0 Å². The highest BCUT2D eigenvalue weighted by atomic mass is 32.2. The molecular weight excluding hydrogens is 551 g/mol. The molecule has 0 amide bonds. The van der Waals surface area contributed by atoms with Gasteiger partial charge in [0.05, 0.1) is 9.79 Å². The SMILES string of the molecule is Cc1ccc(S(=O)(=O)n2cc(-c3cccc(S(=O)(=O)N(C)C(C)(C)C)c3)c3c(-c4ccsc4)ccnc32)cc1. The van der Waals surface area contributed by atoms with E-state index in [-0.39, 0.29) is 15.4 Å². The molecule has 0 saturated heterocycles. The number of hydrogen-bond donors (Lipinski definition) is 0. The van der Waals surface area contributed by atoms with Crippen LogP contribution < -0.4 is 0 Å². The van der Waals surface area contributed by atoms with Crippen molar-refractivity contribution in [2.24, 2.45) is 0 Å². The summed E-state index contributed by atoms with van der Waals surface area (Å²) in [5.41, 5.74) is 3.49. The van der Waals surface area contributed by atoms with Crippen LogP contribution in [0.25, 0.3) is 33.3 Å². The molecule has 0 bridgehead atoms. The molecule has 0 aliphatic heterocycles. The Labute approximate surface area is 233 Å². The molecule has 10 heteroatoms. The lowest BCUT2D eigenvalue weighted by Gasteiger charge is -2.31. The molecule has 0 fully saturated rings. The van der Waals surface area contributed by atoms with Crippen LogP contribution in [0.3, 0.4) is 0 Å². The summed E-state index contributed by atoms with van der Waals surface area (Å²) in [4.78, 5) is 4.77. The highest BCUT2D eigenvalue weighted by Crippen LogP contribution is 2.39. The second kappa shape index (κ2) is 9.71. The molecule has 0 saturated carbocycles. The van der Waals surface area contributed by atoms with Gasteiger partial charge in [-0.15, -0.1) is 0 Å². The Bertz CT molecular complexity index is 1880. The minimum atomic E-state index is -4.00. The quantitative estimate of drug-likeness (QED) is 0.232. The van der Waals surface area contributed by atoms with Gasteiger partial charge in [-0.25, -0.2) is 25.8 Å². The first-order chi connectivity index (χ1) is 18.3. The summed E-state index contributed by atoms with van der Waals surface area (Å²) >= 11 is 1.54. The van der Waals surface area contributed by atoms with Crippen molar-refractivity contribution in [1.82, 2.24) is 13.3 Å². The van der Waals surface area contributed by atoms with Gasteiger partial charge in [0.1, 0.15) is 0 Å². The predicted octanol–water partition coefficient (Wildman–Crippen LogP) is 6.40. The average Bonchev–Trinajstić information content (AvgIpc) is 3.57. The number of pyridine rings is 1. The van der Waals surface area contributed by atoms with E-state index in [0.717, 1.165) is 16.7 Å². The van der Waals surface area contributed by atoms with Crippen LogP contribution in [-0.4, -0.2) is 42.7 Å². The van der Waals surface area contributed by atoms with E-state index in [2.05, 4.69) is 4.98 Å². The van der Waals surface area contributed by atoms with Gasteiger partial charge in [-0.3, -0.25) is 0 Å². The molecule has 0 radical (unpaired) electrons. The maximum Gasteiger partial charge on any atom is 0.269 e. The smallest absolute Gasteiger partial charge is 0.237 e. The Kier molecular flexibility index (Phi) is 6.79. The summed E-state index contributed by atoms with van der Waals surface area (Å²) in [5.74, 6) is 0. The molecule has 3 heterocycles. The monoisotopic (exact) mass is 579 g/mol. The summed E-state index contributed by atoms with van der Waals surface area (Å²) in [6, 6.07) is 17.1. The molecule has 5 aromatic rings. The van der Waals surface area contributed by atoms with Crippen LogP contribution in [0.4, 0.5) is 0 Å². The predicted molar refractivity (Wildman–Crippen MR) is 157 cm³/mol. The van der Waals surface area contributed by atoms with Crippen LogP contribution >= 0.6 is 11.3 Å². The van der Waals surface area contributed by atoms with E-state index in [0.29, 0.717) is 16.5 Å². The van der Waals surface area contributed by atoms with Gasteiger partial charge in [0, 0.05) is 35.9 Å². The van der Waals surface area contributed by atoms with Gasteiger partial charge in [-0.2, -0.15) is 15.6 Å². The molecule has 0 aliphatic carbocycles. The van der Waals surface area contributed by atoms with Crippen LogP contribution in [0.15, 0.2) is 93.6 Å². The number of aryl methyl sites for hydroxylation is 1. The Balaban J connectivity index is 1.79. The van der Waals surface area contributed by atoms with Crippen LogP contribution in [0.2, 0.25) is 0 Å². The Morgan fingerprint density at radius 1 is 0.872 bits per heavy atom. The minimum absolute atomic E-state index is 0.126. The van der Waals surface area contributed by atoms with Crippen molar-refractivity contribution < 1.29 is 16.8 Å². The number of benzene rings is 2. The third kappa shape index (κ3) is 4.82. The van der Waals surface area contributed by atoms with E-state index in [1.54, 1.807) is 68.0 Å². The molecular formula is C29H29N3O4S3. The van der Waals surface area contributed by atoms with E-state index in [1.165, 1.54) is 19.6 Å². The molecule has 7 nitrogen and oxygen atoms in total. The van der Waals surface area contributed by atoms with Gasteiger partial charge in [0.15, 0.2) is 5.65 Å². The third-order valence-electron chi connectivity index (χ3n) is 6.81. The second-order valence-electron chi connectivity index (χ2n) is 10.4. The van der Waals surface area contributed by atoms with Gasteiger partial charge in [0.2, 0.25) is 10.0 Å². The molecule has 3 aromatic heterocycles. The lowest BCUT2D eigenvalue weighted by Crippen LogP contribution is -2.42. The van der Waals surface area contributed by atoms with E-state index < -0.39 is 25.6 Å². The second-order valence-corrected chi connectivity index (χ2v) is 15.0. The largest absolute Gasteiger partial charge is 0.269 e. The fourth-order valence-corrected chi connectivity index (χ4v) is 7.89. The third-order valence-corrected chi connectivity index (χ3v) is 11.3. The molecule has 0 unspecified atom stereocenters. The highest BCUT2D eigenvalue weighted by Gasteiger charge is 2.31. The van der Waals surface area contributed by atoms with Crippen molar-refractivity contribution in [2.75, 3.05) is 7.05 Å². The molecule has 2 aromatic carbocycles. The molecule has 0 spiro atoms. The summed E-state index contributed by atoms with van der Waals surface area (Å²) in [6.45, 7) is 7.39. The highest BCUT2D eigenvalue weighted by molar-refractivity contribution is 7.90. The van der Waals surface area contributed by atoms with E-state index >= 15 is 0 Å². The van der Waals surface area contributed by atoms with Crippen LogP contribution in [-0.2, 0) is 20.0 Å². The number of nitrogens with zero attached hydrogens (tertiary/aromatic N) is 3. The zero-order valence-corrected chi connectivity index (χ0v) is 24.7. The van der Waals surface area contributed by atoms with E-state index in [1.807, 2.05) is 50.6 Å². The van der Waals surface area contributed by atoms with Gasteiger partial charge in [0.25, 0.3) is 10.0 Å². The summed E-state index contributed by atoms with van der Waals surface area (Å²) < 4.78 is 57.2. The number of rotatable bonds is 6. The van der Waals surface area contributed by atoms with Crippen molar-refractivity contribution in [3.63, 3.8) is 0 Å². The number of hydrogen-bond acceptors (Lipinski definition) is 6. The molecule has 39 heavy (non-hydrogen) atoms. The maximum absolute atomic E-state index is 13.8.